The van der Waals surface area contributed by atoms with Crippen molar-refractivity contribution in [2.24, 2.45) is 5.92 Å². The van der Waals surface area contributed by atoms with Crippen LogP contribution in [-0.4, -0.2) is 32.0 Å². The van der Waals surface area contributed by atoms with E-state index in [9.17, 15) is 21.6 Å². The molecule has 0 atom stereocenters. The number of rotatable bonds is 2. The molecule has 1 aliphatic heterocycles. The topological polar surface area (TPSA) is 63.4 Å². The van der Waals surface area contributed by atoms with Crippen molar-refractivity contribution in [2.45, 2.75) is 23.9 Å². The second kappa shape index (κ2) is 5.25. The van der Waals surface area contributed by atoms with Crippen LogP contribution in [0, 0.1) is 5.92 Å². The van der Waals surface area contributed by atoms with Crippen LogP contribution < -0.4 is 5.73 Å². The molecule has 0 aromatic heterocycles. The highest BCUT2D eigenvalue weighted by molar-refractivity contribution is 7.89. The van der Waals surface area contributed by atoms with Gasteiger partial charge in [0.15, 0.2) is 0 Å². The van der Waals surface area contributed by atoms with Crippen molar-refractivity contribution in [3.05, 3.63) is 24.3 Å². The molecule has 0 amide bonds. The van der Waals surface area contributed by atoms with E-state index in [1.165, 1.54) is 24.3 Å². The van der Waals surface area contributed by atoms with E-state index in [0.717, 1.165) is 4.31 Å². The number of nitrogen functional groups attached to an aromatic ring is 1. The van der Waals surface area contributed by atoms with Gasteiger partial charge < -0.3 is 5.73 Å². The highest BCUT2D eigenvalue weighted by Gasteiger charge is 2.42. The number of nitrogens with zero attached hydrogens (tertiary/aromatic N) is 1. The number of nitrogens with two attached hydrogens (primary N) is 1. The van der Waals surface area contributed by atoms with Gasteiger partial charge in [0.25, 0.3) is 0 Å². The van der Waals surface area contributed by atoms with Crippen molar-refractivity contribution in [3.63, 3.8) is 0 Å². The SMILES string of the molecule is Nc1ccc(S(=O)(=O)N2CCC(C(F)(F)F)CC2)cc1. The fourth-order valence-electron chi connectivity index (χ4n) is 2.21. The molecule has 0 spiro atoms. The number of benzene rings is 1. The van der Waals surface area contributed by atoms with E-state index in [4.69, 9.17) is 5.73 Å². The molecule has 1 aromatic rings. The molecule has 1 saturated heterocycles. The van der Waals surface area contributed by atoms with E-state index in [1.807, 2.05) is 0 Å². The number of sulfonamides is 1. The van der Waals surface area contributed by atoms with Crippen LogP contribution in [0.2, 0.25) is 0 Å². The first-order valence-corrected chi connectivity index (χ1v) is 7.57. The number of hydrogen-bond donors (Lipinski definition) is 1. The van der Waals surface area contributed by atoms with E-state index < -0.39 is 22.1 Å². The van der Waals surface area contributed by atoms with Crippen LogP contribution in [0.25, 0.3) is 0 Å². The first kappa shape index (κ1) is 15.1. The summed E-state index contributed by atoms with van der Waals surface area (Å²) in [4.78, 5) is 0.0529. The third-order valence-electron chi connectivity index (χ3n) is 3.43. The van der Waals surface area contributed by atoms with Crippen LogP contribution in [0.3, 0.4) is 0 Å². The van der Waals surface area contributed by atoms with Crippen molar-refractivity contribution in [1.29, 1.82) is 0 Å². The van der Waals surface area contributed by atoms with E-state index >= 15 is 0 Å². The lowest BCUT2D eigenvalue weighted by Crippen LogP contribution is -2.42. The van der Waals surface area contributed by atoms with Gasteiger partial charge in [0.2, 0.25) is 10.0 Å². The maximum atomic E-state index is 12.6. The van der Waals surface area contributed by atoms with E-state index in [-0.39, 0.29) is 30.8 Å². The molecule has 1 aromatic carbocycles. The molecule has 0 bridgehead atoms. The van der Waals surface area contributed by atoms with Gasteiger partial charge >= 0.3 is 6.18 Å². The lowest BCUT2D eigenvalue weighted by atomic mass is 9.98. The summed E-state index contributed by atoms with van der Waals surface area (Å²) in [7, 11) is -3.74. The van der Waals surface area contributed by atoms with Crippen LogP contribution in [0.15, 0.2) is 29.2 Å². The first-order chi connectivity index (χ1) is 9.21. The van der Waals surface area contributed by atoms with Gasteiger partial charge in [-0.2, -0.15) is 17.5 Å². The lowest BCUT2D eigenvalue weighted by Gasteiger charge is -2.32. The molecular weight excluding hydrogens is 293 g/mol. The zero-order chi connectivity index (χ0) is 15.0. The normalized spacial score (nSPS) is 19.1. The minimum Gasteiger partial charge on any atom is -0.399 e. The number of anilines is 1. The Balaban J connectivity index is 2.11. The standard InChI is InChI=1S/C12H15F3N2O2S/c13-12(14,15)9-5-7-17(8-6-9)20(18,19)11-3-1-10(16)2-4-11/h1-4,9H,5-8,16H2. The van der Waals surface area contributed by atoms with Crippen molar-refractivity contribution < 1.29 is 21.6 Å². The highest BCUT2D eigenvalue weighted by atomic mass is 32.2. The molecular formula is C12H15F3N2O2S. The van der Waals surface area contributed by atoms with Crippen molar-refractivity contribution >= 4 is 15.7 Å². The Morgan fingerprint density at radius 1 is 1.10 bits per heavy atom. The number of halogens is 3. The van der Waals surface area contributed by atoms with Gasteiger partial charge in [-0.25, -0.2) is 8.42 Å². The van der Waals surface area contributed by atoms with Gasteiger partial charge in [0.1, 0.15) is 0 Å². The third kappa shape index (κ3) is 3.06. The summed E-state index contributed by atoms with van der Waals surface area (Å²) in [5.74, 6) is -1.42. The first-order valence-electron chi connectivity index (χ1n) is 6.13. The van der Waals surface area contributed by atoms with Crippen LogP contribution in [-0.2, 0) is 10.0 Å². The average Bonchev–Trinajstić information content (AvgIpc) is 2.38. The summed E-state index contributed by atoms with van der Waals surface area (Å²) in [6, 6.07) is 5.63. The zero-order valence-corrected chi connectivity index (χ0v) is 11.4. The molecule has 2 N–H and O–H groups in total. The molecule has 20 heavy (non-hydrogen) atoms. The quantitative estimate of drug-likeness (QED) is 0.852. The minimum atomic E-state index is -4.25. The van der Waals surface area contributed by atoms with E-state index in [0.29, 0.717) is 5.69 Å². The summed E-state index contributed by atoms with van der Waals surface area (Å²) in [6.45, 7) is -0.228. The smallest absolute Gasteiger partial charge is 0.391 e. The second-order valence-corrected chi connectivity index (χ2v) is 6.73. The number of piperidine rings is 1. The van der Waals surface area contributed by atoms with Crippen LogP contribution in [0.1, 0.15) is 12.8 Å². The summed E-state index contributed by atoms with van der Waals surface area (Å²) in [5.41, 5.74) is 5.91. The fraction of sp³-hybridized carbons (Fsp3) is 0.500. The van der Waals surface area contributed by atoms with Gasteiger partial charge in [0, 0.05) is 18.8 Å². The Bertz CT molecular complexity index is 561. The molecule has 0 aliphatic carbocycles. The summed E-state index contributed by atoms with van der Waals surface area (Å²) >= 11 is 0. The zero-order valence-electron chi connectivity index (χ0n) is 10.6. The van der Waals surface area contributed by atoms with Gasteiger partial charge in [-0.3, -0.25) is 0 Å². The molecule has 4 nitrogen and oxygen atoms in total. The fourth-order valence-corrected chi connectivity index (χ4v) is 3.68. The Morgan fingerprint density at radius 3 is 2.05 bits per heavy atom. The third-order valence-corrected chi connectivity index (χ3v) is 5.35. The predicted molar refractivity (Wildman–Crippen MR) is 68.4 cm³/mol. The lowest BCUT2D eigenvalue weighted by molar-refractivity contribution is -0.182. The number of hydrogen-bond acceptors (Lipinski definition) is 3. The maximum absolute atomic E-state index is 12.6. The maximum Gasteiger partial charge on any atom is 0.391 e. The van der Waals surface area contributed by atoms with Gasteiger partial charge in [0.05, 0.1) is 10.8 Å². The van der Waals surface area contributed by atoms with Gasteiger partial charge in [-0.05, 0) is 37.1 Å². The molecule has 0 unspecified atom stereocenters. The molecule has 8 heteroatoms. The summed E-state index contributed by atoms with van der Waals surface area (Å²) in [6.07, 6.45) is -4.65. The average molecular weight is 308 g/mol. The van der Waals surface area contributed by atoms with Crippen molar-refractivity contribution in [3.8, 4) is 0 Å². The van der Waals surface area contributed by atoms with Gasteiger partial charge in [-0.1, -0.05) is 0 Å². The Kier molecular flexibility index (Phi) is 3.97. The minimum absolute atomic E-state index is 0.0529. The van der Waals surface area contributed by atoms with E-state index in [1.54, 1.807) is 0 Å². The molecule has 0 saturated carbocycles. The van der Waals surface area contributed by atoms with Crippen molar-refractivity contribution in [1.82, 2.24) is 4.31 Å². The van der Waals surface area contributed by atoms with Gasteiger partial charge in [-0.15, -0.1) is 0 Å². The monoisotopic (exact) mass is 308 g/mol. The predicted octanol–water partition coefficient (Wildman–Crippen LogP) is 2.23. The Labute approximate surface area is 115 Å². The largest absolute Gasteiger partial charge is 0.399 e. The number of alkyl halides is 3. The molecule has 112 valence electrons. The van der Waals surface area contributed by atoms with Crippen molar-refractivity contribution in [2.75, 3.05) is 18.8 Å². The molecule has 2 rings (SSSR count). The van der Waals surface area contributed by atoms with Crippen LogP contribution >= 0.6 is 0 Å². The second-order valence-electron chi connectivity index (χ2n) is 4.79. The van der Waals surface area contributed by atoms with E-state index in [2.05, 4.69) is 0 Å². The molecule has 1 heterocycles. The molecule has 0 radical (unpaired) electrons. The Morgan fingerprint density at radius 2 is 1.60 bits per heavy atom. The molecule has 1 fully saturated rings. The molecule has 1 aliphatic rings. The summed E-state index contributed by atoms with van der Waals surface area (Å²) < 4.78 is 63.3. The summed E-state index contributed by atoms with van der Waals surface area (Å²) in [5, 5.41) is 0. The van der Waals surface area contributed by atoms with Crippen LogP contribution in [0.4, 0.5) is 18.9 Å². The van der Waals surface area contributed by atoms with Crippen LogP contribution in [0.5, 0.6) is 0 Å². The highest BCUT2D eigenvalue weighted by Crippen LogP contribution is 2.35. The Hall–Kier alpha value is -1.28.